The van der Waals surface area contributed by atoms with E-state index >= 15 is 0 Å². The van der Waals surface area contributed by atoms with Crippen LogP contribution in [-0.2, 0) is 4.79 Å². The highest BCUT2D eigenvalue weighted by molar-refractivity contribution is 5.93. The average Bonchev–Trinajstić information content (AvgIpc) is 3.11. The van der Waals surface area contributed by atoms with Crippen LogP contribution in [0.1, 0.15) is 25.7 Å². The number of carbonyl (C=O) groups excluding carboxylic acids is 2. The van der Waals surface area contributed by atoms with E-state index < -0.39 is 0 Å². The Hall–Kier alpha value is -2.11. The Kier molecular flexibility index (Phi) is 4.79. The maximum atomic E-state index is 12.9. The summed E-state index contributed by atoms with van der Waals surface area (Å²) in [4.78, 5) is 28.5. The van der Waals surface area contributed by atoms with Crippen molar-refractivity contribution >= 4 is 17.6 Å². The van der Waals surface area contributed by atoms with E-state index in [1.54, 1.807) is 17.0 Å². The fraction of sp³-hybridized carbons (Fsp3) is 0.529. The second kappa shape index (κ2) is 6.98. The number of piperidine rings is 1. The Balaban J connectivity index is 1.57. The molecule has 1 N–H and O–H groups in total. The fourth-order valence-electron chi connectivity index (χ4n) is 3.25. The summed E-state index contributed by atoms with van der Waals surface area (Å²) < 4.78 is 12.9. The molecule has 0 saturated carbocycles. The monoisotopic (exact) mass is 319 g/mol. The lowest BCUT2D eigenvalue weighted by molar-refractivity contribution is -0.121. The zero-order chi connectivity index (χ0) is 16.2. The molecule has 0 aromatic heterocycles. The second-order valence-electron chi connectivity index (χ2n) is 6.26. The number of carbonyl (C=O) groups is 2. The molecule has 2 aliphatic heterocycles. The van der Waals surface area contributed by atoms with E-state index in [0.29, 0.717) is 12.2 Å². The quantitative estimate of drug-likeness (QED) is 0.911. The maximum absolute atomic E-state index is 12.9. The van der Waals surface area contributed by atoms with Gasteiger partial charge in [0.05, 0.1) is 5.92 Å². The number of hydrogen-bond acceptors (Lipinski definition) is 2. The molecule has 2 aliphatic rings. The van der Waals surface area contributed by atoms with Crippen molar-refractivity contribution in [1.29, 1.82) is 0 Å². The molecule has 0 bridgehead atoms. The van der Waals surface area contributed by atoms with Crippen LogP contribution in [0, 0.1) is 11.7 Å². The van der Waals surface area contributed by atoms with Gasteiger partial charge in [-0.15, -0.1) is 0 Å². The second-order valence-corrected chi connectivity index (χ2v) is 6.26. The van der Waals surface area contributed by atoms with Gasteiger partial charge in [-0.25, -0.2) is 9.18 Å². The molecule has 2 heterocycles. The minimum absolute atomic E-state index is 0.0572. The van der Waals surface area contributed by atoms with Crippen LogP contribution in [0.15, 0.2) is 24.3 Å². The first kappa shape index (κ1) is 15.8. The minimum Gasteiger partial charge on any atom is -0.326 e. The summed E-state index contributed by atoms with van der Waals surface area (Å²) >= 11 is 0. The van der Waals surface area contributed by atoms with Crippen LogP contribution >= 0.6 is 0 Å². The minimum atomic E-state index is -0.331. The summed E-state index contributed by atoms with van der Waals surface area (Å²) in [5, 5.41) is 2.81. The number of anilines is 1. The molecule has 3 amide bonds. The van der Waals surface area contributed by atoms with Crippen molar-refractivity contribution in [2.45, 2.75) is 25.7 Å². The van der Waals surface area contributed by atoms with Gasteiger partial charge in [0, 0.05) is 31.9 Å². The number of halogens is 1. The van der Waals surface area contributed by atoms with Crippen molar-refractivity contribution in [2.24, 2.45) is 5.92 Å². The third kappa shape index (κ3) is 3.81. The van der Waals surface area contributed by atoms with E-state index in [0.717, 1.165) is 45.3 Å². The van der Waals surface area contributed by atoms with Gasteiger partial charge in [0.1, 0.15) is 5.82 Å². The molecule has 3 rings (SSSR count). The molecule has 0 radical (unpaired) electrons. The summed E-state index contributed by atoms with van der Waals surface area (Å²) in [5.74, 6) is -0.640. The normalized spacial score (nSPS) is 21.3. The molecule has 0 aliphatic carbocycles. The van der Waals surface area contributed by atoms with Crippen molar-refractivity contribution in [1.82, 2.24) is 9.80 Å². The first-order valence-electron chi connectivity index (χ1n) is 8.24. The molecule has 1 aromatic rings. The predicted octanol–water partition coefficient (Wildman–Crippen LogP) is 2.69. The number of nitrogens with zero attached hydrogens (tertiary/aromatic N) is 2. The van der Waals surface area contributed by atoms with Crippen molar-refractivity contribution in [3.05, 3.63) is 30.1 Å². The Morgan fingerprint density at radius 2 is 1.65 bits per heavy atom. The molecule has 1 atom stereocenters. The van der Waals surface area contributed by atoms with Gasteiger partial charge in [0.2, 0.25) is 5.91 Å². The molecular weight excluding hydrogens is 297 g/mol. The Morgan fingerprint density at radius 1 is 1.00 bits per heavy atom. The van der Waals surface area contributed by atoms with Crippen molar-refractivity contribution in [3.8, 4) is 0 Å². The molecule has 124 valence electrons. The van der Waals surface area contributed by atoms with Gasteiger partial charge >= 0.3 is 6.03 Å². The van der Waals surface area contributed by atoms with Crippen LogP contribution in [0.3, 0.4) is 0 Å². The van der Waals surface area contributed by atoms with Crippen LogP contribution in [-0.4, -0.2) is 47.9 Å². The van der Waals surface area contributed by atoms with Gasteiger partial charge in [0.15, 0.2) is 0 Å². The van der Waals surface area contributed by atoms with E-state index in [1.807, 2.05) is 4.90 Å². The third-order valence-electron chi connectivity index (χ3n) is 4.55. The summed E-state index contributed by atoms with van der Waals surface area (Å²) in [6, 6.07) is 5.79. The summed E-state index contributed by atoms with van der Waals surface area (Å²) in [6.45, 7) is 2.82. The highest BCUT2D eigenvalue weighted by Gasteiger charge is 2.31. The van der Waals surface area contributed by atoms with Gasteiger partial charge in [-0.2, -0.15) is 0 Å². The number of benzene rings is 1. The van der Waals surface area contributed by atoms with Crippen molar-refractivity contribution < 1.29 is 14.0 Å². The summed E-state index contributed by atoms with van der Waals surface area (Å²) in [7, 11) is 0. The molecule has 2 saturated heterocycles. The molecule has 23 heavy (non-hydrogen) atoms. The Morgan fingerprint density at radius 3 is 2.35 bits per heavy atom. The number of hydrogen-bond donors (Lipinski definition) is 1. The summed E-state index contributed by atoms with van der Waals surface area (Å²) in [5.41, 5.74) is 0.583. The highest BCUT2D eigenvalue weighted by atomic mass is 19.1. The lowest BCUT2D eigenvalue weighted by Gasteiger charge is -2.34. The van der Waals surface area contributed by atoms with E-state index in [1.165, 1.54) is 12.1 Å². The largest absolute Gasteiger partial charge is 0.326 e. The lowest BCUT2D eigenvalue weighted by Crippen LogP contribution is -2.48. The molecule has 5 nitrogen and oxygen atoms in total. The van der Waals surface area contributed by atoms with E-state index in [2.05, 4.69) is 5.32 Å². The lowest BCUT2D eigenvalue weighted by atomic mass is 9.97. The van der Waals surface area contributed by atoms with Crippen LogP contribution in [0.25, 0.3) is 0 Å². The molecule has 6 heteroatoms. The maximum Gasteiger partial charge on any atom is 0.320 e. The molecular formula is C17H22FN3O2. The van der Waals surface area contributed by atoms with Crippen LogP contribution < -0.4 is 5.32 Å². The smallest absolute Gasteiger partial charge is 0.320 e. The number of rotatable bonds is 2. The third-order valence-corrected chi connectivity index (χ3v) is 4.55. The number of urea groups is 1. The van der Waals surface area contributed by atoms with Gasteiger partial charge in [-0.3, -0.25) is 4.79 Å². The first-order valence-corrected chi connectivity index (χ1v) is 8.24. The Labute approximate surface area is 135 Å². The van der Waals surface area contributed by atoms with E-state index in [9.17, 15) is 14.0 Å². The molecule has 0 spiro atoms. The van der Waals surface area contributed by atoms with Crippen molar-refractivity contribution in [2.75, 3.05) is 31.5 Å². The van der Waals surface area contributed by atoms with Gasteiger partial charge < -0.3 is 15.1 Å². The van der Waals surface area contributed by atoms with Crippen LogP contribution in [0.4, 0.5) is 14.9 Å². The van der Waals surface area contributed by atoms with Crippen LogP contribution in [0.2, 0.25) is 0 Å². The van der Waals surface area contributed by atoms with Gasteiger partial charge in [0.25, 0.3) is 0 Å². The van der Waals surface area contributed by atoms with Crippen molar-refractivity contribution in [3.63, 3.8) is 0 Å². The standard InChI is InChI=1S/C17H22FN3O2/c18-14-5-7-15(8-6-14)19-16(22)13-4-3-11-21(12-13)17(23)20-9-1-2-10-20/h5-8,13H,1-4,9-12H2,(H,19,22)/t13-/m1/s1. The molecule has 1 aromatic carbocycles. The average molecular weight is 319 g/mol. The molecule has 2 fully saturated rings. The predicted molar refractivity (Wildman–Crippen MR) is 85.5 cm³/mol. The topological polar surface area (TPSA) is 52.7 Å². The zero-order valence-corrected chi connectivity index (χ0v) is 13.1. The van der Waals surface area contributed by atoms with Crippen LogP contribution in [0.5, 0.6) is 0 Å². The SMILES string of the molecule is O=C(Nc1ccc(F)cc1)[C@@H]1CCCN(C(=O)N2CCCC2)C1. The van der Waals surface area contributed by atoms with E-state index in [-0.39, 0.29) is 23.7 Å². The molecule has 0 unspecified atom stereocenters. The number of amides is 3. The highest BCUT2D eigenvalue weighted by Crippen LogP contribution is 2.21. The van der Waals surface area contributed by atoms with Gasteiger partial charge in [-0.1, -0.05) is 0 Å². The van der Waals surface area contributed by atoms with E-state index in [4.69, 9.17) is 0 Å². The first-order chi connectivity index (χ1) is 11.1. The number of likely N-dealkylation sites (tertiary alicyclic amines) is 2. The Bertz CT molecular complexity index is 570. The summed E-state index contributed by atoms with van der Waals surface area (Å²) in [6.07, 6.45) is 3.74. The number of nitrogens with one attached hydrogen (secondary N) is 1. The zero-order valence-electron chi connectivity index (χ0n) is 13.1. The fourth-order valence-corrected chi connectivity index (χ4v) is 3.25. The van der Waals surface area contributed by atoms with Gasteiger partial charge in [-0.05, 0) is 49.9 Å².